The maximum Gasteiger partial charge on any atom is 0.335 e. The maximum atomic E-state index is 11.2. The third kappa shape index (κ3) is 2.42. The third-order valence-corrected chi connectivity index (χ3v) is 4.66. The van der Waals surface area contributed by atoms with Crippen molar-refractivity contribution in [2.75, 3.05) is 13.6 Å². The van der Waals surface area contributed by atoms with Crippen molar-refractivity contribution in [2.24, 2.45) is 0 Å². The summed E-state index contributed by atoms with van der Waals surface area (Å²) >= 11 is 0. The smallest absolute Gasteiger partial charge is 0.335 e. The van der Waals surface area contributed by atoms with E-state index in [1.807, 2.05) is 6.92 Å². The van der Waals surface area contributed by atoms with E-state index in [4.69, 9.17) is 0 Å². The first-order chi connectivity index (χ1) is 9.97. The van der Waals surface area contributed by atoms with Crippen LogP contribution in [-0.4, -0.2) is 45.2 Å². The number of aromatic carboxylic acids is 1. The number of carboxylic acid groups (broad SMARTS) is 1. The lowest BCUT2D eigenvalue weighted by Crippen LogP contribution is -2.38. The zero-order valence-corrected chi connectivity index (χ0v) is 12.7. The zero-order chi connectivity index (χ0) is 15.1. The van der Waals surface area contributed by atoms with Gasteiger partial charge < -0.3 is 14.6 Å². The summed E-state index contributed by atoms with van der Waals surface area (Å²) in [5.74, 6) is 0.0772. The second-order valence-electron chi connectivity index (χ2n) is 6.05. The lowest BCUT2D eigenvalue weighted by Gasteiger charge is -2.36. The van der Waals surface area contributed by atoms with E-state index < -0.39 is 5.97 Å². The summed E-state index contributed by atoms with van der Waals surface area (Å²) in [6.07, 6.45) is 2.14. The number of nitrogens with zero attached hydrogens (tertiary/aromatic N) is 3. The van der Waals surface area contributed by atoms with Crippen LogP contribution in [0, 0.1) is 6.92 Å². The van der Waals surface area contributed by atoms with Gasteiger partial charge in [0, 0.05) is 18.6 Å². The number of piperidine rings is 1. The minimum absolute atomic E-state index is 0.324. The number of carbonyl (C=O) groups is 1. The van der Waals surface area contributed by atoms with Gasteiger partial charge >= 0.3 is 5.97 Å². The molecule has 0 amide bonds. The van der Waals surface area contributed by atoms with E-state index in [1.54, 1.807) is 18.2 Å². The number of hydrogen-bond acceptors (Lipinski definition) is 3. The summed E-state index contributed by atoms with van der Waals surface area (Å²) < 4.78 is 2.23. The fourth-order valence-electron chi connectivity index (χ4n) is 3.31. The molecule has 1 saturated heterocycles. The lowest BCUT2D eigenvalue weighted by molar-refractivity contribution is 0.0697. The Morgan fingerprint density at radius 1 is 1.43 bits per heavy atom. The van der Waals surface area contributed by atoms with E-state index in [9.17, 15) is 9.90 Å². The summed E-state index contributed by atoms with van der Waals surface area (Å²) in [4.78, 5) is 18.2. The van der Waals surface area contributed by atoms with Gasteiger partial charge in [0.1, 0.15) is 5.82 Å². The summed E-state index contributed by atoms with van der Waals surface area (Å²) in [5.41, 5.74) is 2.14. The van der Waals surface area contributed by atoms with Crippen molar-refractivity contribution in [3.8, 4) is 0 Å². The van der Waals surface area contributed by atoms with Crippen LogP contribution < -0.4 is 0 Å². The Labute approximate surface area is 124 Å². The molecule has 5 nitrogen and oxygen atoms in total. The number of rotatable bonds is 2. The van der Waals surface area contributed by atoms with Crippen LogP contribution in [0.4, 0.5) is 0 Å². The van der Waals surface area contributed by atoms with Gasteiger partial charge in [-0.05, 0) is 51.9 Å². The number of likely N-dealkylation sites (tertiary alicyclic amines) is 1. The molecule has 0 radical (unpaired) electrons. The molecular formula is C16H21N3O2. The van der Waals surface area contributed by atoms with Crippen LogP contribution in [0.1, 0.15) is 42.0 Å². The van der Waals surface area contributed by atoms with Crippen LogP contribution in [0.2, 0.25) is 0 Å². The molecule has 2 unspecified atom stereocenters. The Kier molecular flexibility index (Phi) is 3.45. The molecule has 1 N–H and O–H groups in total. The van der Waals surface area contributed by atoms with Crippen LogP contribution in [0.3, 0.4) is 0 Å². The first-order valence-corrected chi connectivity index (χ1v) is 7.39. The quantitative estimate of drug-likeness (QED) is 0.922. The van der Waals surface area contributed by atoms with Gasteiger partial charge in [-0.3, -0.25) is 0 Å². The molecule has 0 bridgehead atoms. The van der Waals surface area contributed by atoms with Crippen molar-refractivity contribution < 1.29 is 9.90 Å². The third-order valence-electron chi connectivity index (χ3n) is 4.66. The molecule has 1 aliphatic heterocycles. The second kappa shape index (κ2) is 5.15. The van der Waals surface area contributed by atoms with Gasteiger partial charge in [-0.15, -0.1) is 0 Å². The molecule has 3 rings (SSSR count). The van der Waals surface area contributed by atoms with Crippen molar-refractivity contribution in [3.63, 3.8) is 0 Å². The zero-order valence-electron chi connectivity index (χ0n) is 12.7. The van der Waals surface area contributed by atoms with E-state index >= 15 is 0 Å². The SMILES string of the molecule is Cc1nc2ccc(C(=O)O)cc2n1C1CCN(C)C(C)C1. The molecule has 1 aliphatic rings. The highest BCUT2D eigenvalue weighted by molar-refractivity contribution is 5.92. The van der Waals surface area contributed by atoms with E-state index in [0.29, 0.717) is 17.6 Å². The van der Waals surface area contributed by atoms with E-state index in [1.165, 1.54) is 0 Å². The molecule has 2 atom stereocenters. The molecule has 0 saturated carbocycles. The normalized spacial score (nSPS) is 23.6. The first-order valence-electron chi connectivity index (χ1n) is 7.39. The molecule has 5 heteroatoms. The predicted octanol–water partition coefficient (Wildman–Crippen LogP) is 2.70. The van der Waals surface area contributed by atoms with Crippen molar-refractivity contribution >= 4 is 17.0 Å². The van der Waals surface area contributed by atoms with E-state index in [0.717, 1.165) is 36.2 Å². The Balaban J connectivity index is 2.06. The Hall–Kier alpha value is -1.88. The molecule has 1 aromatic heterocycles. The van der Waals surface area contributed by atoms with E-state index in [2.05, 4.69) is 28.4 Å². The minimum atomic E-state index is -0.890. The topological polar surface area (TPSA) is 58.4 Å². The molecule has 21 heavy (non-hydrogen) atoms. The van der Waals surface area contributed by atoms with Crippen LogP contribution in [-0.2, 0) is 0 Å². The number of aryl methyl sites for hydroxylation is 1. The molecule has 2 heterocycles. The van der Waals surface area contributed by atoms with Crippen LogP contribution in [0.5, 0.6) is 0 Å². The molecule has 1 fully saturated rings. The highest BCUT2D eigenvalue weighted by atomic mass is 16.4. The van der Waals surface area contributed by atoms with Gasteiger partial charge in [0.05, 0.1) is 16.6 Å². The first kappa shape index (κ1) is 14.1. The Morgan fingerprint density at radius 3 is 2.86 bits per heavy atom. The van der Waals surface area contributed by atoms with Gasteiger partial charge in [0.15, 0.2) is 0 Å². The van der Waals surface area contributed by atoms with Crippen LogP contribution in [0.15, 0.2) is 18.2 Å². The summed E-state index contributed by atoms with van der Waals surface area (Å²) in [5, 5.41) is 9.19. The van der Waals surface area contributed by atoms with Gasteiger partial charge in [-0.2, -0.15) is 0 Å². The number of imidazole rings is 1. The molecular weight excluding hydrogens is 266 g/mol. The average Bonchev–Trinajstić information content (AvgIpc) is 2.77. The summed E-state index contributed by atoms with van der Waals surface area (Å²) in [6.45, 7) is 5.30. The minimum Gasteiger partial charge on any atom is -0.478 e. The molecule has 2 aromatic rings. The molecule has 1 aromatic carbocycles. The predicted molar refractivity (Wildman–Crippen MR) is 81.8 cm³/mol. The second-order valence-corrected chi connectivity index (χ2v) is 6.05. The maximum absolute atomic E-state index is 11.2. The highest BCUT2D eigenvalue weighted by Gasteiger charge is 2.26. The highest BCUT2D eigenvalue weighted by Crippen LogP contribution is 2.31. The fourth-order valence-corrected chi connectivity index (χ4v) is 3.31. The average molecular weight is 287 g/mol. The summed E-state index contributed by atoms with van der Waals surface area (Å²) in [7, 11) is 2.16. The van der Waals surface area contributed by atoms with Crippen molar-refractivity contribution in [2.45, 2.75) is 38.8 Å². The van der Waals surface area contributed by atoms with Crippen molar-refractivity contribution in [3.05, 3.63) is 29.6 Å². The number of hydrogen-bond donors (Lipinski definition) is 1. The van der Waals surface area contributed by atoms with Gasteiger partial charge in [-0.1, -0.05) is 0 Å². The lowest BCUT2D eigenvalue weighted by atomic mass is 9.98. The summed E-state index contributed by atoms with van der Waals surface area (Å²) in [6, 6.07) is 6.11. The van der Waals surface area contributed by atoms with Gasteiger partial charge in [-0.25, -0.2) is 9.78 Å². The largest absolute Gasteiger partial charge is 0.478 e. The Morgan fingerprint density at radius 2 is 2.19 bits per heavy atom. The molecule has 0 spiro atoms. The monoisotopic (exact) mass is 287 g/mol. The molecule has 112 valence electrons. The van der Waals surface area contributed by atoms with Crippen molar-refractivity contribution in [1.82, 2.24) is 14.5 Å². The van der Waals surface area contributed by atoms with Crippen molar-refractivity contribution in [1.29, 1.82) is 0 Å². The van der Waals surface area contributed by atoms with E-state index in [-0.39, 0.29) is 0 Å². The van der Waals surface area contributed by atoms with Crippen LogP contribution in [0.25, 0.3) is 11.0 Å². The number of carboxylic acids is 1. The van der Waals surface area contributed by atoms with Crippen LogP contribution >= 0.6 is 0 Å². The Bertz CT molecular complexity index is 692. The molecule has 0 aliphatic carbocycles. The number of aromatic nitrogens is 2. The number of benzene rings is 1. The standard InChI is InChI=1S/C16H21N3O2/c1-10-8-13(6-7-18(10)3)19-11(2)17-14-5-4-12(16(20)21)9-15(14)19/h4-5,9-10,13H,6-8H2,1-3H3,(H,20,21). The van der Waals surface area contributed by atoms with Gasteiger partial charge in [0.2, 0.25) is 0 Å². The van der Waals surface area contributed by atoms with Gasteiger partial charge in [0.25, 0.3) is 0 Å². The number of fused-ring (bicyclic) bond motifs is 1. The fraction of sp³-hybridized carbons (Fsp3) is 0.500.